The fourth-order valence-corrected chi connectivity index (χ4v) is 4.48. The van der Waals surface area contributed by atoms with Gasteiger partial charge in [-0.1, -0.05) is 51.1 Å². The summed E-state index contributed by atoms with van der Waals surface area (Å²) >= 11 is 2.04. The van der Waals surface area contributed by atoms with E-state index in [9.17, 15) is 5.26 Å². The van der Waals surface area contributed by atoms with Gasteiger partial charge in [0.2, 0.25) is 0 Å². The molecule has 1 aromatic rings. The fourth-order valence-electron chi connectivity index (χ4n) is 2.89. The Bertz CT molecular complexity index is 448. The minimum atomic E-state index is 0.237. The Morgan fingerprint density at radius 3 is 2.45 bits per heavy atom. The van der Waals surface area contributed by atoms with Crippen molar-refractivity contribution < 1.29 is 0 Å². The molecule has 1 saturated carbocycles. The van der Waals surface area contributed by atoms with Crippen LogP contribution in [-0.4, -0.2) is 10.5 Å². The van der Waals surface area contributed by atoms with Crippen molar-refractivity contribution in [1.29, 1.82) is 5.26 Å². The summed E-state index contributed by atoms with van der Waals surface area (Å²) in [5.41, 5.74) is 1.45. The molecule has 0 radical (unpaired) electrons. The van der Waals surface area contributed by atoms with Crippen LogP contribution in [0.1, 0.15) is 51.5 Å². The van der Waals surface area contributed by atoms with E-state index in [1.807, 2.05) is 11.8 Å². The highest BCUT2D eigenvalue weighted by Crippen LogP contribution is 2.43. The van der Waals surface area contributed by atoms with Crippen molar-refractivity contribution in [2.45, 2.75) is 56.5 Å². The lowest BCUT2D eigenvalue weighted by molar-refractivity contribution is 0.392. The Labute approximate surface area is 127 Å². The van der Waals surface area contributed by atoms with Gasteiger partial charge in [-0.05, 0) is 36.7 Å². The quantitative estimate of drug-likeness (QED) is 0.756. The molecule has 1 fully saturated rings. The molecule has 4 atom stereocenters. The van der Waals surface area contributed by atoms with Crippen LogP contribution in [0.4, 0.5) is 0 Å². The molecule has 2 rings (SSSR count). The highest BCUT2D eigenvalue weighted by atomic mass is 32.2. The van der Waals surface area contributed by atoms with Crippen molar-refractivity contribution in [3.05, 3.63) is 35.9 Å². The summed E-state index contributed by atoms with van der Waals surface area (Å²) in [6, 6.07) is 13.4. The van der Waals surface area contributed by atoms with Gasteiger partial charge in [0.05, 0.1) is 12.0 Å². The van der Waals surface area contributed by atoms with E-state index in [0.717, 1.165) is 19.3 Å². The van der Waals surface area contributed by atoms with Crippen LogP contribution in [-0.2, 0) is 0 Å². The number of rotatable bonds is 4. The number of thioether (sulfide) groups is 1. The molecule has 20 heavy (non-hydrogen) atoms. The number of benzene rings is 1. The lowest BCUT2D eigenvalue weighted by Crippen LogP contribution is -2.28. The van der Waals surface area contributed by atoms with Crippen molar-refractivity contribution in [3.63, 3.8) is 0 Å². The summed E-state index contributed by atoms with van der Waals surface area (Å²) in [5, 5.41) is 10.5. The molecular weight excluding hydrogens is 262 g/mol. The van der Waals surface area contributed by atoms with Gasteiger partial charge in [0, 0.05) is 10.5 Å². The maximum Gasteiger partial charge on any atom is 0.0667 e. The van der Waals surface area contributed by atoms with E-state index in [2.05, 4.69) is 57.2 Å². The zero-order valence-electron chi connectivity index (χ0n) is 12.8. The van der Waals surface area contributed by atoms with E-state index in [4.69, 9.17) is 0 Å². The van der Waals surface area contributed by atoms with E-state index in [0.29, 0.717) is 22.3 Å². The lowest BCUT2D eigenvalue weighted by atomic mass is 9.79. The second-order valence-electron chi connectivity index (χ2n) is 6.28. The van der Waals surface area contributed by atoms with Crippen LogP contribution in [0, 0.1) is 23.2 Å². The van der Waals surface area contributed by atoms with Gasteiger partial charge in [0.15, 0.2) is 0 Å². The van der Waals surface area contributed by atoms with E-state index in [1.165, 1.54) is 5.56 Å². The number of hydrogen-bond donors (Lipinski definition) is 0. The summed E-state index contributed by atoms with van der Waals surface area (Å²) < 4.78 is 0. The van der Waals surface area contributed by atoms with Crippen LogP contribution in [0.25, 0.3) is 0 Å². The zero-order chi connectivity index (χ0) is 14.5. The Hall–Kier alpha value is -0.940. The van der Waals surface area contributed by atoms with Gasteiger partial charge in [-0.3, -0.25) is 0 Å². The Morgan fingerprint density at radius 1 is 1.15 bits per heavy atom. The molecule has 1 nitrogen and oxygen atoms in total. The largest absolute Gasteiger partial charge is 0.198 e. The number of nitrogens with zero attached hydrogens (tertiary/aromatic N) is 1. The van der Waals surface area contributed by atoms with Gasteiger partial charge < -0.3 is 0 Å². The molecule has 2 heteroatoms. The van der Waals surface area contributed by atoms with Crippen molar-refractivity contribution in [1.82, 2.24) is 0 Å². The third kappa shape index (κ3) is 3.79. The molecule has 0 heterocycles. The molecule has 0 spiro atoms. The van der Waals surface area contributed by atoms with Crippen molar-refractivity contribution >= 4 is 11.8 Å². The van der Waals surface area contributed by atoms with Crippen LogP contribution >= 0.6 is 11.8 Å². The SMILES string of the molecule is CC(C)C(C)SC1CC(c2ccccc2)CCC1C#N. The molecule has 0 bridgehead atoms. The molecule has 1 aliphatic rings. The van der Waals surface area contributed by atoms with Gasteiger partial charge in [-0.25, -0.2) is 0 Å². The van der Waals surface area contributed by atoms with Crippen molar-refractivity contribution in [2.75, 3.05) is 0 Å². The molecule has 0 saturated heterocycles. The van der Waals surface area contributed by atoms with Gasteiger partial charge in [-0.15, -0.1) is 0 Å². The summed E-state index contributed by atoms with van der Waals surface area (Å²) in [4.78, 5) is 0. The van der Waals surface area contributed by atoms with Crippen LogP contribution in [0.15, 0.2) is 30.3 Å². The minimum Gasteiger partial charge on any atom is -0.198 e. The highest BCUT2D eigenvalue weighted by molar-refractivity contribution is 8.00. The second kappa shape index (κ2) is 7.18. The average Bonchev–Trinajstić information content (AvgIpc) is 2.48. The molecule has 0 aromatic heterocycles. The molecule has 0 aliphatic heterocycles. The predicted octanol–water partition coefficient (Wildman–Crippen LogP) is 5.24. The first-order valence-corrected chi connectivity index (χ1v) is 8.66. The average molecular weight is 287 g/mol. The molecule has 0 N–H and O–H groups in total. The fraction of sp³-hybridized carbons (Fsp3) is 0.611. The summed E-state index contributed by atoms with van der Waals surface area (Å²) in [6.45, 7) is 6.85. The van der Waals surface area contributed by atoms with Gasteiger partial charge in [-0.2, -0.15) is 17.0 Å². The monoisotopic (exact) mass is 287 g/mol. The standard InChI is InChI=1S/C18H25NS/c1-13(2)14(3)20-18-11-16(9-10-17(18)12-19)15-7-5-4-6-8-15/h4-8,13-14,16-18H,9-11H2,1-3H3. The number of nitriles is 1. The van der Waals surface area contributed by atoms with E-state index < -0.39 is 0 Å². The van der Waals surface area contributed by atoms with Crippen LogP contribution < -0.4 is 0 Å². The minimum absolute atomic E-state index is 0.237. The van der Waals surface area contributed by atoms with Crippen molar-refractivity contribution in [2.24, 2.45) is 11.8 Å². The summed E-state index contributed by atoms with van der Waals surface area (Å²) in [5.74, 6) is 1.55. The first kappa shape index (κ1) is 15.4. The summed E-state index contributed by atoms with van der Waals surface area (Å²) in [7, 11) is 0. The zero-order valence-corrected chi connectivity index (χ0v) is 13.6. The van der Waals surface area contributed by atoms with Crippen LogP contribution in [0.2, 0.25) is 0 Å². The van der Waals surface area contributed by atoms with Crippen LogP contribution in [0.5, 0.6) is 0 Å². The van der Waals surface area contributed by atoms with Gasteiger partial charge >= 0.3 is 0 Å². The molecule has 0 amide bonds. The normalized spacial score (nSPS) is 28.1. The summed E-state index contributed by atoms with van der Waals surface area (Å²) in [6.07, 6.45) is 3.37. The second-order valence-corrected chi connectivity index (χ2v) is 7.90. The van der Waals surface area contributed by atoms with Crippen LogP contribution in [0.3, 0.4) is 0 Å². The third-order valence-electron chi connectivity index (χ3n) is 4.56. The first-order chi connectivity index (χ1) is 9.61. The molecule has 4 unspecified atom stereocenters. The molecule has 1 aliphatic carbocycles. The topological polar surface area (TPSA) is 23.8 Å². The maximum atomic E-state index is 9.41. The first-order valence-electron chi connectivity index (χ1n) is 7.71. The van der Waals surface area contributed by atoms with E-state index in [1.54, 1.807) is 0 Å². The highest BCUT2D eigenvalue weighted by Gasteiger charge is 2.33. The van der Waals surface area contributed by atoms with E-state index >= 15 is 0 Å². The number of hydrogen-bond acceptors (Lipinski definition) is 2. The Kier molecular flexibility index (Phi) is 5.54. The van der Waals surface area contributed by atoms with E-state index in [-0.39, 0.29) is 5.92 Å². The molecule has 1 aromatic carbocycles. The Morgan fingerprint density at radius 2 is 1.85 bits per heavy atom. The van der Waals surface area contributed by atoms with Gasteiger partial charge in [0.1, 0.15) is 0 Å². The third-order valence-corrected chi connectivity index (χ3v) is 6.40. The smallest absolute Gasteiger partial charge is 0.0667 e. The predicted molar refractivity (Wildman–Crippen MR) is 87.8 cm³/mol. The maximum absolute atomic E-state index is 9.41. The molecule has 108 valence electrons. The Balaban J connectivity index is 2.06. The van der Waals surface area contributed by atoms with Crippen molar-refractivity contribution in [3.8, 4) is 6.07 Å². The lowest BCUT2D eigenvalue weighted by Gasteiger charge is -2.34. The van der Waals surface area contributed by atoms with Gasteiger partial charge in [0.25, 0.3) is 0 Å². The molecular formula is C18H25NS.